The molecule has 0 saturated carbocycles. The molecule has 1 amide bonds. The van der Waals surface area contributed by atoms with Crippen LogP contribution in [0.4, 0.5) is 11.5 Å². The van der Waals surface area contributed by atoms with Crippen LogP contribution in [-0.4, -0.2) is 81.7 Å². The van der Waals surface area contributed by atoms with Crippen LogP contribution in [0.25, 0.3) is 0 Å². The number of non-ortho nitro benzene ring substituents is 1. The fourth-order valence-electron chi connectivity index (χ4n) is 3.29. The number of hydrogen-bond donors (Lipinski definition) is 1. The highest BCUT2D eigenvalue weighted by atomic mass is 32.2. The summed E-state index contributed by atoms with van der Waals surface area (Å²) in [6, 6.07) is 8.32. The minimum absolute atomic E-state index is 0.238. The second-order valence-electron chi connectivity index (χ2n) is 7.39. The molecule has 3 rings (SSSR count). The van der Waals surface area contributed by atoms with Crippen molar-refractivity contribution in [2.75, 3.05) is 49.6 Å². The third-order valence-electron chi connectivity index (χ3n) is 5.04. The molecule has 1 aromatic heterocycles. The summed E-state index contributed by atoms with van der Waals surface area (Å²) in [7, 11) is -7.45. The number of nitro groups is 1. The fourth-order valence-corrected chi connectivity index (χ4v) is 5.31. The summed E-state index contributed by atoms with van der Waals surface area (Å²) in [5.74, 6) is -0.401. The Hall–Kier alpha value is -3.10. The Labute approximate surface area is 191 Å². The van der Waals surface area contributed by atoms with Gasteiger partial charge in [-0.05, 0) is 18.2 Å². The summed E-state index contributed by atoms with van der Waals surface area (Å²) in [4.78, 5) is 28.5. The smallest absolute Gasteiger partial charge is 0.271 e. The SMILES string of the molecule is CS(=O)(=O)c1cc(C(=O)NCCS(=O)(=O)N2CCN(c3ccccn3)CC2)cc([N+](=O)[O-])c1. The van der Waals surface area contributed by atoms with Crippen molar-refractivity contribution in [3.05, 3.63) is 58.3 Å². The Morgan fingerprint density at radius 2 is 1.82 bits per heavy atom. The lowest BCUT2D eigenvalue weighted by Crippen LogP contribution is -2.50. The van der Waals surface area contributed by atoms with Crippen LogP contribution >= 0.6 is 0 Å². The Kier molecular flexibility index (Phi) is 7.29. The molecule has 1 saturated heterocycles. The van der Waals surface area contributed by atoms with Gasteiger partial charge in [0, 0.05) is 62.9 Å². The van der Waals surface area contributed by atoms with E-state index in [0.29, 0.717) is 13.1 Å². The molecular weight excluding hydrogens is 474 g/mol. The number of sulfone groups is 1. The van der Waals surface area contributed by atoms with E-state index >= 15 is 0 Å². The van der Waals surface area contributed by atoms with Gasteiger partial charge in [-0.3, -0.25) is 14.9 Å². The number of sulfonamides is 1. The van der Waals surface area contributed by atoms with Crippen molar-refractivity contribution in [3.63, 3.8) is 0 Å². The van der Waals surface area contributed by atoms with Gasteiger partial charge in [0.2, 0.25) is 10.0 Å². The number of nitro benzene ring substituents is 1. The molecule has 12 nitrogen and oxygen atoms in total. The quantitative estimate of drug-likeness (QED) is 0.399. The molecule has 1 fully saturated rings. The van der Waals surface area contributed by atoms with Gasteiger partial charge in [0.05, 0.1) is 15.6 Å². The Bertz CT molecular complexity index is 1240. The van der Waals surface area contributed by atoms with Crippen molar-refractivity contribution in [2.24, 2.45) is 0 Å². The minimum Gasteiger partial charge on any atom is -0.354 e. The molecule has 0 unspecified atom stereocenters. The van der Waals surface area contributed by atoms with E-state index in [2.05, 4.69) is 10.3 Å². The van der Waals surface area contributed by atoms with E-state index in [9.17, 15) is 31.7 Å². The maximum atomic E-state index is 12.6. The van der Waals surface area contributed by atoms with Crippen molar-refractivity contribution in [3.8, 4) is 0 Å². The predicted octanol–water partition coefficient (Wildman–Crippen LogP) is 0.275. The molecule has 178 valence electrons. The highest BCUT2D eigenvalue weighted by Crippen LogP contribution is 2.21. The van der Waals surface area contributed by atoms with Crippen LogP contribution in [0.1, 0.15) is 10.4 Å². The summed E-state index contributed by atoms with van der Waals surface area (Å²) in [5.41, 5.74) is -0.799. The van der Waals surface area contributed by atoms with Gasteiger partial charge >= 0.3 is 0 Å². The van der Waals surface area contributed by atoms with E-state index in [4.69, 9.17) is 0 Å². The number of amides is 1. The fraction of sp³-hybridized carbons (Fsp3) is 0.368. The third-order valence-corrected chi connectivity index (χ3v) is 8.01. The zero-order chi connectivity index (χ0) is 24.2. The average molecular weight is 498 g/mol. The lowest BCUT2D eigenvalue weighted by Gasteiger charge is -2.34. The Morgan fingerprint density at radius 1 is 1.12 bits per heavy atom. The first-order valence-corrected chi connectivity index (χ1v) is 13.4. The Morgan fingerprint density at radius 3 is 2.39 bits per heavy atom. The molecule has 0 bridgehead atoms. The van der Waals surface area contributed by atoms with Gasteiger partial charge in [-0.2, -0.15) is 4.31 Å². The first kappa shape index (κ1) is 24.5. The van der Waals surface area contributed by atoms with Crippen LogP contribution in [0.15, 0.2) is 47.5 Å². The normalized spacial score (nSPS) is 15.2. The number of pyridine rings is 1. The first-order chi connectivity index (χ1) is 15.5. The lowest BCUT2D eigenvalue weighted by atomic mass is 10.2. The topological polar surface area (TPSA) is 160 Å². The standard InChI is InChI=1S/C19H23N5O7S2/c1-32(28,29)17-13-15(12-16(14-17)24(26)27)19(25)21-6-11-33(30,31)23-9-7-22(8-10-23)18-4-2-3-5-20-18/h2-5,12-14H,6-11H2,1H3,(H,21,25). The van der Waals surface area contributed by atoms with E-state index < -0.39 is 36.4 Å². The summed E-state index contributed by atoms with van der Waals surface area (Å²) < 4.78 is 50.2. The summed E-state index contributed by atoms with van der Waals surface area (Å²) in [6.07, 6.45) is 2.54. The van der Waals surface area contributed by atoms with Gasteiger partial charge in [-0.15, -0.1) is 0 Å². The first-order valence-electron chi connectivity index (χ1n) is 9.89. The number of carbonyl (C=O) groups excluding carboxylic acids is 1. The van der Waals surface area contributed by atoms with Crippen LogP contribution in [0.3, 0.4) is 0 Å². The summed E-state index contributed by atoms with van der Waals surface area (Å²) in [5, 5.41) is 13.5. The molecule has 2 heterocycles. The summed E-state index contributed by atoms with van der Waals surface area (Å²) >= 11 is 0. The van der Waals surface area contributed by atoms with Crippen LogP contribution in [0.2, 0.25) is 0 Å². The molecule has 0 spiro atoms. The zero-order valence-electron chi connectivity index (χ0n) is 17.7. The van der Waals surface area contributed by atoms with E-state index in [1.165, 1.54) is 4.31 Å². The second kappa shape index (κ2) is 9.80. The molecule has 0 atom stereocenters. The van der Waals surface area contributed by atoms with Gasteiger partial charge in [0.1, 0.15) is 5.82 Å². The molecule has 1 N–H and O–H groups in total. The van der Waals surface area contributed by atoms with Crippen molar-refractivity contribution < 1.29 is 26.6 Å². The zero-order valence-corrected chi connectivity index (χ0v) is 19.4. The van der Waals surface area contributed by atoms with Gasteiger partial charge in [0.25, 0.3) is 11.6 Å². The number of aromatic nitrogens is 1. The van der Waals surface area contributed by atoms with Crippen molar-refractivity contribution in [2.45, 2.75) is 4.90 Å². The number of benzene rings is 1. The van der Waals surface area contributed by atoms with Crippen molar-refractivity contribution in [1.29, 1.82) is 0 Å². The van der Waals surface area contributed by atoms with E-state index in [-0.39, 0.29) is 35.8 Å². The molecule has 33 heavy (non-hydrogen) atoms. The number of hydrogen-bond acceptors (Lipinski definition) is 9. The van der Waals surface area contributed by atoms with Gasteiger partial charge in [0.15, 0.2) is 9.84 Å². The molecule has 1 aromatic carbocycles. The largest absolute Gasteiger partial charge is 0.354 e. The molecule has 14 heteroatoms. The number of piperazine rings is 1. The molecule has 1 aliphatic heterocycles. The van der Waals surface area contributed by atoms with Crippen molar-refractivity contribution >= 4 is 37.3 Å². The number of anilines is 1. The molecule has 1 aliphatic rings. The van der Waals surface area contributed by atoms with Crippen LogP contribution in [0, 0.1) is 10.1 Å². The monoisotopic (exact) mass is 497 g/mol. The average Bonchev–Trinajstić information content (AvgIpc) is 2.78. The minimum atomic E-state index is -3.79. The van der Waals surface area contributed by atoms with E-state index in [1.54, 1.807) is 12.3 Å². The molecule has 0 aliphatic carbocycles. The highest BCUT2D eigenvalue weighted by molar-refractivity contribution is 7.90. The van der Waals surface area contributed by atoms with Crippen LogP contribution in [0.5, 0.6) is 0 Å². The molecular formula is C19H23N5O7S2. The molecule has 2 aromatic rings. The number of rotatable bonds is 8. The predicted molar refractivity (Wildman–Crippen MR) is 120 cm³/mol. The number of nitrogens with one attached hydrogen (secondary N) is 1. The van der Waals surface area contributed by atoms with E-state index in [0.717, 1.165) is 30.3 Å². The van der Waals surface area contributed by atoms with Crippen LogP contribution in [-0.2, 0) is 19.9 Å². The van der Waals surface area contributed by atoms with Gasteiger partial charge < -0.3 is 10.2 Å². The second-order valence-corrected chi connectivity index (χ2v) is 11.5. The van der Waals surface area contributed by atoms with Gasteiger partial charge in [-0.1, -0.05) is 6.07 Å². The maximum Gasteiger partial charge on any atom is 0.271 e. The maximum absolute atomic E-state index is 12.6. The number of nitrogens with zero attached hydrogens (tertiary/aromatic N) is 4. The highest BCUT2D eigenvalue weighted by Gasteiger charge is 2.27. The van der Waals surface area contributed by atoms with E-state index in [1.807, 2.05) is 17.0 Å². The van der Waals surface area contributed by atoms with Crippen molar-refractivity contribution in [1.82, 2.24) is 14.6 Å². The Balaban J connectivity index is 1.59. The molecule has 0 radical (unpaired) electrons. The van der Waals surface area contributed by atoms with Crippen LogP contribution < -0.4 is 10.2 Å². The summed E-state index contributed by atoms with van der Waals surface area (Å²) in [6.45, 7) is 1.26. The lowest BCUT2D eigenvalue weighted by molar-refractivity contribution is -0.385. The van der Waals surface area contributed by atoms with Gasteiger partial charge in [-0.25, -0.2) is 21.8 Å². The number of carbonyl (C=O) groups is 1. The third kappa shape index (κ3) is 6.24.